The molecule has 3 rings (SSSR count). The number of nitrogens with zero attached hydrogens (tertiary/aromatic N) is 2. The van der Waals surface area contributed by atoms with Gasteiger partial charge in [-0.1, -0.05) is 11.6 Å². The lowest BCUT2D eigenvalue weighted by Crippen LogP contribution is -2.43. The fourth-order valence-electron chi connectivity index (χ4n) is 2.64. The van der Waals surface area contributed by atoms with Crippen molar-refractivity contribution in [3.63, 3.8) is 0 Å². The maximum absolute atomic E-state index is 12.3. The summed E-state index contributed by atoms with van der Waals surface area (Å²) in [5.41, 5.74) is 2.52. The molecule has 5 nitrogen and oxygen atoms in total. The number of aryl methyl sites for hydroxylation is 1. The van der Waals surface area contributed by atoms with Gasteiger partial charge in [-0.3, -0.25) is 4.79 Å². The fraction of sp³-hybridized carbons (Fsp3) is 0.294. The second-order valence-electron chi connectivity index (χ2n) is 5.55. The van der Waals surface area contributed by atoms with Gasteiger partial charge in [-0.2, -0.15) is 0 Å². The molecule has 6 heteroatoms. The lowest BCUT2D eigenvalue weighted by Gasteiger charge is -2.29. The molecule has 0 radical (unpaired) electrons. The van der Waals surface area contributed by atoms with Crippen LogP contribution in [0, 0.1) is 6.92 Å². The van der Waals surface area contributed by atoms with Crippen LogP contribution in [0.1, 0.15) is 15.9 Å². The van der Waals surface area contributed by atoms with E-state index in [0.29, 0.717) is 16.4 Å². The number of hydrogen-bond donors (Lipinski definition) is 2. The minimum absolute atomic E-state index is 0.179. The van der Waals surface area contributed by atoms with Crippen molar-refractivity contribution in [2.75, 3.05) is 36.4 Å². The van der Waals surface area contributed by atoms with Crippen LogP contribution in [0.4, 0.5) is 11.5 Å². The molecule has 1 saturated heterocycles. The van der Waals surface area contributed by atoms with Crippen LogP contribution < -0.4 is 15.5 Å². The van der Waals surface area contributed by atoms with Gasteiger partial charge in [0.2, 0.25) is 0 Å². The van der Waals surface area contributed by atoms with Crippen LogP contribution in [-0.2, 0) is 0 Å². The molecule has 1 aromatic heterocycles. The van der Waals surface area contributed by atoms with Crippen molar-refractivity contribution in [3.8, 4) is 0 Å². The highest BCUT2D eigenvalue weighted by Gasteiger charge is 2.12. The molecule has 0 saturated carbocycles. The lowest BCUT2D eigenvalue weighted by molar-refractivity contribution is 0.102. The zero-order valence-corrected chi connectivity index (χ0v) is 13.7. The summed E-state index contributed by atoms with van der Waals surface area (Å²) < 4.78 is 0. The second-order valence-corrected chi connectivity index (χ2v) is 5.99. The lowest BCUT2D eigenvalue weighted by atomic mass is 10.1. The molecule has 120 valence electrons. The smallest absolute Gasteiger partial charge is 0.257 e. The summed E-state index contributed by atoms with van der Waals surface area (Å²) in [7, 11) is 0. The van der Waals surface area contributed by atoms with Crippen LogP contribution in [-0.4, -0.2) is 37.1 Å². The molecule has 0 bridgehead atoms. The normalized spacial score (nSPS) is 14.6. The first-order chi connectivity index (χ1) is 11.1. The highest BCUT2D eigenvalue weighted by atomic mass is 35.5. The fourth-order valence-corrected chi connectivity index (χ4v) is 2.86. The minimum atomic E-state index is -0.179. The molecule has 1 aliphatic heterocycles. The molecular formula is C17H19ClN4O. The average Bonchev–Trinajstić information content (AvgIpc) is 2.56. The summed E-state index contributed by atoms with van der Waals surface area (Å²) in [5.74, 6) is 0.366. The van der Waals surface area contributed by atoms with Crippen molar-refractivity contribution in [1.29, 1.82) is 0 Å². The maximum Gasteiger partial charge on any atom is 0.257 e. The van der Waals surface area contributed by atoms with E-state index in [1.807, 2.05) is 19.1 Å². The summed E-state index contributed by atoms with van der Waals surface area (Å²) in [6.45, 7) is 5.76. The number of anilines is 2. The Balaban J connectivity index is 1.69. The van der Waals surface area contributed by atoms with Gasteiger partial charge in [-0.15, -0.1) is 0 Å². The summed E-state index contributed by atoms with van der Waals surface area (Å²) in [5, 5.41) is 6.77. The maximum atomic E-state index is 12.3. The molecular weight excluding hydrogens is 312 g/mol. The van der Waals surface area contributed by atoms with Gasteiger partial charge in [0.25, 0.3) is 5.91 Å². The largest absolute Gasteiger partial charge is 0.368 e. The molecule has 1 aliphatic rings. The van der Waals surface area contributed by atoms with Gasteiger partial charge in [0.05, 0.1) is 11.9 Å². The van der Waals surface area contributed by atoms with Gasteiger partial charge in [-0.05, 0) is 42.8 Å². The van der Waals surface area contributed by atoms with Crippen molar-refractivity contribution in [2.45, 2.75) is 6.92 Å². The number of carbonyl (C=O) groups is 1. The Kier molecular flexibility index (Phi) is 4.79. The number of aromatic nitrogens is 1. The van der Waals surface area contributed by atoms with Crippen LogP contribution in [0.25, 0.3) is 0 Å². The number of nitrogens with one attached hydrogen (secondary N) is 2. The molecule has 0 unspecified atom stereocenters. The van der Waals surface area contributed by atoms with Crippen molar-refractivity contribution >= 4 is 29.0 Å². The predicted molar refractivity (Wildman–Crippen MR) is 93.5 cm³/mol. The van der Waals surface area contributed by atoms with Gasteiger partial charge in [-0.25, -0.2) is 4.98 Å². The van der Waals surface area contributed by atoms with E-state index in [0.717, 1.165) is 37.4 Å². The third-order valence-electron chi connectivity index (χ3n) is 3.90. The monoisotopic (exact) mass is 330 g/mol. The van der Waals surface area contributed by atoms with Crippen LogP contribution >= 0.6 is 11.6 Å². The molecule has 23 heavy (non-hydrogen) atoms. The van der Waals surface area contributed by atoms with Crippen molar-refractivity contribution in [2.24, 2.45) is 0 Å². The van der Waals surface area contributed by atoms with E-state index in [9.17, 15) is 4.79 Å². The number of rotatable bonds is 3. The Labute approximate surface area is 140 Å². The standard InChI is InChI=1S/C17H19ClN4O/c1-12-10-13(18)2-4-15(12)17(23)21-16-5-3-14(11-20-16)22-8-6-19-7-9-22/h2-5,10-11,19H,6-9H2,1H3,(H,20,21,23). The molecule has 2 heterocycles. The molecule has 0 atom stereocenters. The highest BCUT2D eigenvalue weighted by Crippen LogP contribution is 2.18. The molecule has 2 N–H and O–H groups in total. The quantitative estimate of drug-likeness (QED) is 0.908. The van der Waals surface area contributed by atoms with Crippen molar-refractivity contribution < 1.29 is 4.79 Å². The Hall–Kier alpha value is -2.11. The average molecular weight is 331 g/mol. The summed E-state index contributed by atoms with van der Waals surface area (Å²) in [6.07, 6.45) is 1.80. The number of carbonyl (C=O) groups excluding carboxylic acids is 1. The molecule has 1 fully saturated rings. The SMILES string of the molecule is Cc1cc(Cl)ccc1C(=O)Nc1ccc(N2CCNCC2)cn1. The third kappa shape index (κ3) is 3.81. The van der Waals surface area contributed by atoms with E-state index >= 15 is 0 Å². The van der Waals surface area contributed by atoms with Gasteiger partial charge < -0.3 is 15.5 Å². The van der Waals surface area contributed by atoms with Gasteiger partial charge in [0.1, 0.15) is 5.82 Å². The molecule has 1 aromatic carbocycles. The van der Waals surface area contributed by atoms with E-state index in [-0.39, 0.29) is 5.91 Å². The number of halogens is 1. The topological polar surface area (TPSA) is 57.3 Å². The number of pyridine rings is 1. The number of piperazine rings is 1. The van der Waals surface area contributed by atoms with Gasteiger partial charge in [0.15, 0.2) is 0 Å². The Morgan fingerprint density at radius 2 is 2.04 bits per heavy atom. The molecule has 1 amide bonds. The molecule has 2 aromatic rings. The number of amides is 1. The first kappa shape index (κ1) is 15.8. The zero-order valence-electron chi connectivity index (χ0n) is 13.0. The van der Waals surface area contributed by atoms with Crippen LogP contribution in [0.15, 0.2) is 36.5 Å². The number of benzene rings is 1. The van der Waals surface area contributed by atoms with Crippen LogP contribution in [0.5, 0.6) is 0 Å². The summed E-state index contributed by atoms with van der Waals surface area (Å²) in [4.78, 5) is 18.9. The van der Waals surface area contributed by atoms with Gasteiger partial charge in [0, 0.05) is 36.8 Å². The highest BCUT2D eigenvalue weighted by molar-refractivity contribution is 6.30. The summed E-state index contributed by atoms with van der Waals surface area (Å²) in [6, 6.07) is 9.03. The summed E-state index contributed by atoms with van der Waals surface area (Å²) >= 11 is 5.92. The zero-order chi connectivity index (χ0) is 16.2. The van der Waals surface area contributed by atoms with E-state index < -0.39 is 0 Å². The van der Waals surface area contributed by atoms with E-state index in [2.05, 4.69) is 20.5 Å². The first-order valence-corrected chi connectivity index (χ1v) is 8.00. The van der Waals surface area contributed by atoms with E-state index in [1.54, 1.807) is 24.4 Å². The van der Waals surface area contributed by atoms with Crippen LogP contribution in [0.2, 0.25) is 5.02 Å². The predicted octanol–water partition coefficient (Wildman–Crippen LogP) is 2.71. The minimum Gasteiger partial charge on any atom is -0.368 e. The van der Waals surface area contributed by atoms with Crippen molar-refractivity contribution in [3.05, 3.63) is 52.7 Å². The Morgan fingerprint density at radius 1 is 1.26 bits per heavy atom. The third-order valence-corrected chi connectivity index (χ3v) is 4.14. The van der Waals surface area contributed by atoms with E-state index in [1.165, 1.54) is 0 Å². The first-order valence-electron chi connectivity index (χ1n) is 7.63. The van der Waals surface area contributed by atoms with Crippen molar-refractivity contribution in [1.82, 2.24) is 10.3 Å². The number of hydrogen-bond acceptors (Lipinski definition) is 4. The molecule has 0 aliphatic carbocycles. The van der Waals surface area contributed by atoms with Gasteiger partial charge >= 0.3 is 0 Å². The Bertz CT molecular complexity index is 696. The van der Waals surface area contributed by atoms with Crippen LogP contribution in [0.3, 0.4) is 0 Å². The Morgan fingerprint density at radius 3 is 2.70 bits per heavy atom. The second kappa shape index (κ2) is 6.98. The molecule has 0 spiro atoms. The van der Waals surface area contributed by atoms with E-state index in [4.69, 9.17) is 11.6 Å².